The monoisotopic (exact) mass is 398 g/mol. The SMILES string of the molecule is C/C=C(\NCCC)c1cncc(-c2cc(-c3ccccc3F)nc3ncccc23)c1. The molecule has 0 bridgehead atoms. The quantitative estimate of drug-likeness (QED) is 0.442. The molecule has 3 aromatic heterocycles. The van der Waals surface area contributed by atoms with Crippen LogP contribution in [0.5, 0.6) is 0 Å². The normalized spacial score (nSPS) is 11.6. The highest BCUT2D eigenvalue weighted by molar-refractivity contribution is 5.95. The van der Waals surface area contributed by atoms with Crippen LogP contribution in [-0.2, 0) is 0 Å². The minimum atomic E-state index is -0.307. The Labute approximate surface area is 175 Å². The summed E-state index contributed by atoms with van der Waals surface area (Å²) in [4.78, 5) is 13.5. The van der Waals surface area contributed by atoms with E-state index in [-0.39, 0.29) is 5.82 Å². The van der Waals surface area contributed by atoms with E-state index in [1.807, 2.05) is 49.7 Å². The number of rotatable bonds is 6. The topological polar surface area (TPSA) is 50.7 Å². The van der Waals surface area contributed by atoms with Crippen molar-refractivity contribution in [2.45, 2.75) is 20.3 Å². The number of aromatic nitrogens is 3. The van der Waals surface area contributed by atoms with Crippen LogP contribution in [0.2, 0.25) is 0 Å². The number of nitrogens with zero attached hydrogens (tertiary/aromatic N) is 3. The molecule has 4 aromatic rings. The molecule has 150 valence electrons. The van der Waals surface area contributed by atoms with Gasteiger partial charge in [0.2, 0.25) is 0 Å². The summed E-state index contributed by atoms with van der Waals surface area (Å²) in [7, 11) is 0. The van der Waals surface area contributed by atoms with Gasteiger partial charge in [-0.15, -0.1) is 0 Å². The lowest BCUT2D eigenvalue weighted by atomic mass is 9.99. The first-order valence-electron chi connectivity index (χ1n) is 10.1. The van der Waals surface area contributed by atoms with Crippen LogP contribution in [0, 0.1) is 5.82 Å². The van der Waals surface area contributed by atoms with Crippen LogP contribution in [-0.4, -0.2) is 21.5 Å². The molecule has 0 aliphatic carbocycles. The first kappa shape index (κ1) is 19.7. The van der Waals surface area contributed by atoms with Crippen LogP contribution in [0.25, 0.3) is 39.1 Å². The molecule has 0 radical (unpaired) electrons. The molecule has 0 amide bonds. The fourth-order valence-corrected chi connectivity index (χ4v) is 3.47. The number of benzene rings is 1. The highest BCUT2D eigenvalue weighted by atomic mass is 19.1. The van der Waals surface area contributed by atoms with Gasteiger partial charge in [0.1, 0.15) is 5.82 Å². The molecule has 0 aliphatic rings. The number of hydrogen-bond donors (Lipinski definition) is 1. The molecule has 0 aliphatic heterocycles. The Balaban J connectivity index is 1.89. The lowest BCUT2D eigenvalue weighted by Gasteiger charge is -2.13. The molecular weight excluding hydrogens is 375 g/mol. The van der Waals surface area contributed by atoms with E-state index in [0.717, 1.165) is 40.7 Å². The summed E-state index contributed by atoms with van der Waals surface area (Å²) in [6.07, 6.45) is 8.46. The molecule has 4 rings (SSSR count). The predicted octanol–water partition coefficient (Wildman–Crippen LogP) is 5.86. The zero-order valence-electron chi connectivity index (χ0n) is 17.1. The van der Waals surface area contributed by atoms with Gasteiger partial charge in [-0.1, -0.05) is 25.1 Å². The molecule has 4 nitrogen and oxygen atoms in total. The molecule has 0 spiro atoms. The van der Waals surface area contributed by atoms with Gasteiger partial charge in [0.05, 0.1) is 5.69 Å². The summed E-state index contributed by atoms with van der Waals surface area (Å²) in [5, 5.41) is 4.35. The average molecular weight is 398 g/mol. The van der Waals surface area contributed by atoms with Crippen molar-refractivity contribution < 1.29 is 4.39 Å². The molecule has 0 saturated carbocycles. The molecule has 0 unspecified atom stereocenters. The van der Waals surface area contributed by atoms with E-state index in [9.17, 15) is 4.39 Å². The van der Waals surface area contributed by atoms with Gasteiger partial charge in [-0.3, -0.25) is 4.98 Å². The first-order chi connectivity index (χ1) is 14.7. The van der Waals surface area contributed by atoms with Crippen molar-refractivity contribution in [2.75, 3.05) is 6.54 Å². The number of halogens is 1. The fraction of sp³-hybridized carbons (Fsp3) is 0.160. The third-order valence-electron chi connectivity index (χ3n) is 4.95. The van der Waals surface area contributed by atoms with Crippen molar-refractivity contribution in [1.82, 2.24) is 20.3 Å². The third-order valence-corrected chi connectivity index (χ3v) is 4.95. The Bertz CT molecular complexity index is 1220. The maximum absolute atomic E-state index is 14.5. The van der Waals surface area contributed by atoms with Crippen molar-refractivity contribution >= 4 is 16.7 Å². The van der Waals surface area contributed by atoms with E-state index in [1.165, 1.54) is 6.07 Å². The van der Waals surface area contributed by atoms with Crippen molar-refractivity contribution in [1.29, 1.82) is 0 Å². The summed E-state index contributed by atoms with van der Waals surface area (Å²) >= 11 is 0. The Kier molecular flexibility index (Phi) is 5.80. The predicted molar refractivity (Wildman–Crippen MR) is 120 cm³/mol. The van der Waals surface area contributed by atoms with Gasteiger partial charge in [-0.05, 0) is 55.3 Å². The molecule has 30 heavy (non-hydrogen) atoms. The van der Waals surface area contributed by atoms with Crippen molar-refractivity contribution in [2.24, 2.45) is 0 Å². The van der Waals surface area contributed by atoms with Crippen molar-refractivity contribution in [3.05, 3.63) is 84.6 Å². The third kappa shape index (κ3) is 3.92. The zero-order valence-corrected chi connectivity index (χ0v) is 17.1. The summed E-state index contributed by atoms with van der Waals surface area (Å²) in [5.41, 5.74) is 5.48. The Morgan fingerprint density at radius 1 is 1.07 bits per heavy atom. The van der Waals surface area contributed by atoms with Gasteiger partial charge < -0.3 is 5.32 Å². The largest absolute Gasteiger partial charge is 0.385 e. The summed E-state index contributed by atoms with van der Waals surface area (Å²) < 4.78 is 14.5. The minimum Gasteiger partial charge on any atom is -0.385 e. The number of fused-ring (bicyclic) bond motifs is 1. The molecule has 1 aromatic carbocycles. The minimum absolute atomic E-state index is 0.307. The highest BCUT2D eigenvalue weighted by Crippen LogP contribution is 2.32. The Morgan fingerprint density at radius 3 is 2.73 bits per heavy atom. The molecule has 0 saturated heterocycles. The second-order valence-electron chi connectivity index (χ2n) is 7.00. The van der Waals surface area contributed by atoms with E-state index in [4.69, 9.17) is 0 Å². The summed E-state index contributed by atoms with van der Waals surface area (Å²) in [6, 6.07) is 14.5. The van der Waals surface area contributed by atoms with Gasteiger partial charge in [0, 0.05) is 52.9 Å². The lowest BCUT2D eigenvalue weighted by molar-refractivity contribution is 0.631. The molecule has 3 heterocycles. The molecule has 5 heteroatoms. The number of hydrogen-bond acceptors (Lipinski definition) is 4. The van der Waals surface area contributed by atoms with E-state index in [1.54, 1.807) is 18.3 Å². The van der Waals surface area contributed by atoms with Crippen LogP contribution in [0.3, 0.4) is 0 Å². The fourth-order valence-electron chi connectivity index (χ4n) is 3.47. The lowest BCUT2D eigenvalue weighted by Crippen LogP contribution is -2.13. The number of allylic oxidation sites excluding steroid dienone is 1. The van der Waals surface area contributed by atoms with Crippen LogP contribution >= 0.6 is 0 Å². The maximum atomic E-state index is 14.5. The second kappa shape index (κ2) is 8.82. The zero-order chi connectivity index (χ0) is 20.9. The van der Waals surface area contributed by atoms with Crippen LogP contribution < -0.4 is 5.32 Å². The van der Waals surface area contributed by atoms with Crippen LogP contribution in [0.15, 0.2) is 73.2 Å². The maximum Gasteiger partial charge on any atom is 0.160 e. The summed E-state index contributed by atoms with van der Waals surface area (Å²) in [6.45, 7) is 5.03. The van der Waals surface area contributed by atoms with Gasteiger partial charge in [-0.2, -0.15) is 0 Å². The first-order valence-corrected chi connectivity index (χ1v) is 10.1. The van der Waals surface area contributed by atoms with E-state index >= 15 is 0 Å². The molecule has 0 atom stereocenters. The summed E-state index contributed by atoms with van der Waals surface area (Å²) in [5.74, 6) is -0.307. The molecular formula is C25H23FN4. The van der Waals surface area contributed by atoms with Crippen LogP contribution in [0.1, 0.15) is 25.8 Å². The van der Waals surface area contributed by atoms with Gasteiger partial charge in [0.25, 0.3) is 0 Å². The molecule has 0 fully saturated rings. The van der Waals surface area contributed by atoms with Gasteiger partial charge in [0.15, 0.2) is 5.65 Å². The number of nitrogens with one attached hydrogen (secondary N) is 1. The highest BCUT2D eigenvalue weighted by Gasteiger charge is 2.14. The Morgan fingerprint density at radius 2 is 1.93 bits per heavy atom. The van der Waals surface area contributed by atoms with Crippen molar-refractivity contribution in [3.8, 4) is 22.4 Å². The van der Waals surface area contributed by atoms with Gasteiger partial charge >= 0.3 is 0 Å². The van der Waals surface area contributed by atoms with E-state index in [2.05, 4.69) is 33.3 Å². The van der Waals surface area contributed by atoms with Gasteiger partial charge in [-0.25, -0.2) is 14.4 Å². The average Bonchev–Trinajstić information content (AvgIpc) is 2.79. The van der Waals surface area contributed by atoms with E-state index < -0.39 is 0 Å². The number of pyridine rings is 3. The van der Waals surface area contributed by atoms with Crippen molar-refractivity contribution in [3.63, 3.8) is 0 Å². The Hall–Kier alpha value is -3.60. The second-order valence-corrected chi connectivity index (χ2v) is 7.00. The molecule has 1 N–H and O–H groups in total. The van der Waals surface area contributed by atoms with Crippen LogP contribution in [0.4, 0.5) is 4.39 Å². The standard InChI is InChI=1S/C25H23FN4/c1-3-11-28-23(4-2)18-13-17(15-27-16-18)21-14-24(20-8-5-6-10-22(20)26)30-25-19(21)9-7-12-29-25/h4-10,12-16,28H,3,11H2,1-2H3/b23-4-. The smallest absolute Gasteiger partial charge is 0.160 e. The van der Waals surface area contributed by atoms with E-state index in [0.29, 0.717) is 16.9 Å².